The van der Waals surface area contributed by atoms with E-state index in [-0.39, 0.29) is 5.78 Å². The Morgan fingerprint density at radius 1 is 1.05 bits per heavy atom. The van der Waals surface area contributed by atoms with Crippen molar-refractivity contribution in [2.24, 2.45) is 0 Å². The maximum Gasteiger partial charge on any atom is 0.185 e. The van der Waals surface area contributed by atoms with Crippen LogP contribution in [0.1, 0.15) is 15.9 Å². The van der Waals surface area contributed by atoms with Crippen LogP contribution in [0.15, 0.2) is 67.3 Å². The highest BCUT2D eigenvalue weighted by Crippen LogP contribution is 2.12. The van der Waals surface area contributed by atoms with E-state index in [0.29, 0.717) is 10.6 Å². The molecule has 3 aromatic rings. The number of allylic oxidation sites excluding steroid dienone is 1. The largest absolute Gasteiger partial charge is 0.289 e. The Morgan fingerprint density at radius 3 is 2.41 bits per heavy atom. The maximum absolute atomic E-state index is 12.0. The lowest BCUT2D eigenvalue weighted by Crippen LogP contribution is -1.94. The number of nitrogens with zero attached hydrogens (tertiary/aromatic N) is 3. The van der Waals surface area contributed by atoms with Crippen molar-refractivity contribution in [3.63, 3.8) is 0 Å². The van der Waals surface area contributed by atoms with Gasteiger partial charge in [0.05, 0.1) is 5.69 Å². The number of rotatable bonds is 4. The van der Waals surface area contributed by atoms with E-state index in [1.54, 1.807) is 47.4 Å². The van der Waals surface area contributed by atoms with Crippen LogP contribution in [0.4, 0.5) is 0 Å². The molecule has 22 heavy (non-hydrogen) atoms. The average molecular weight is 310 g/mol. The second-order valence-corrected chi connectivity index (χ2v) is 5.07. The number of carbonyl (C=O) groups is 1. The molecule has 0 aliphatic rings. The Bertz CT molecular complexity index is 791. The number of halogens is 1. The van der Waals surface area contributed by atoms with Crippen molar-refractivity contribution in [3.8, 4) is 5.69 Å². The zero-order chi connectivity index (χ0) is 15.4. The first kappa shape index (κ1) is 14.2. The quantitative estimate of drug-likeness (QED) is 0.544. The molecule has 0 N–H and O–H groups in total. The van der Waals surface area contributed by atoms with Crippen LogP contribution < -0.4 is 0 Å². The van der Waals surface area contributed by atoms with Gasteiger partial charge >= 0.3 is 0 Å². The lowest BCUT2D eigenvalue weighted by atomic mass is 10.1. The van der Waals surface area contributed by atoms with E-state index < -0.39 is 0 Å². The summed E-state index contributed by atoms with van der Waals surface area (Å²) < 4.78 is 1.67. The van der Waals surface area contributed by atoms with Crippen LogP contribution in [0.3, 0.4) is 0 Å². The lowest BCUT2D eigenvalue weighted by Gasteiger charge is -2.00. The van der Waals surface area contributed by atoms with E-state index in [2.05, 4.69) is 10.1 Å². The summed E-state index contributed by atoms with van der Waals surface area (Å²) in [7, 11) is 0. The average Bonchev–Trinajstić information content (AvgIpc) is 3.08. The van der Waals surface area contributed by atoms with Crippen LogP contribution in [0.5, 0.6) is 0 Å². The Hall–Kier alpha value is -2.72. The standard InChI is InChI=1S/C17H12ClN3O/c18-15-6-4-14(5-7-15)17(22)10-3-13-1-8-16(9-2-13)21-12-19-11-20-21/h1-12H/b10-3+. The lowest BCUT2D eigenvalue weighted by molar-refractivity contribution is 0.104. The fourth-order valence-corrected chi connectivity index (χ4v) is 2.09. The van der Waals surface area contributed by atoms with Crippen molar-refractivity contribution in [2.45, 2.75) is 0 Å². The van der Waals surface area contributed by atoms with Gasteiger partial charge in [0.25, 0.3) is 0 Å². The second-order valence-electron chi connectivity index (χ2n) is 4.64. The van der Waals surface area contributed by atoms with Gasteiger partial charge in [0.1, 0.15) is 12.7 Å². The van der Waals surface area contributed by atoms with Crippen molar-refractivity contribution < 1.29 is 4.79 Å². The minimum Gasteiger partial charge on any atom is -0.289 e. The summed E-state index contributed by atoms with van der Waals surface area (Å²) in [6.45, 7) is 0. The van der Waals surface area contributed by atoms with Crippen molar-refractivity contribution in [3.05, 3.63) is 83.4 Å². The Labute approximate surface area is 132 Å². The fraction of sp³-hybridized carbons (Fsp3) is 0. The van der Waals surface area contributed by atoms with Crippen LogP contribution in [0.25, 0.3) is 11.8 Å². The number of hydrogen-bond donors (Lipinski definition) is 0. The van der Waals surface area contributed by atoms with Crippen molar-refractivity contribution in [2.75, 3.05) is 0 Å². The molecule has 3 rings (SSSR count). The van der Waals surface area contributed by atoms with Gasteiger partial charge in [-0.2, -0.15) is 5.10 Å². The Balaban J connectivity index is 1.72. The third-order valence-corrected chi connectivity index (χ3v) is 3.38. The number of carbonyl (C=O) groups excluding carboxylic acids is 1. The summed E-state index contributed by atoms with van der Waals surface area (Å²) in [6, 6.07) is 14.5. The minimum atomic E-state index is -0.0583. The van der Waals surface area contributed by atoms with E-state index in [1.807, 2.05) is 24.3 Å². The van der Waals surface area contributed by atoms with Gasteiger partial charge in [-0.05, 0) is 48.0 Å². The molecule has 4 nitrogen and oxygen atoms in total. The Kier molecular flexibility index (Phi) is 4.12. The molecule has 0 unspecified atom stereocenters. The molecule has 0 saturated carbocycles. The first-order valence-electron chi connectivity index (χ1n) is 6.65. The third-order valence-electron chi connectivity index (χ3n) is 3.13. The number of hydrogen-bond acceptors (Lipinski definition) is 3. The monoisotopic (exact) mass is 309 g/mol. The summed E-state index contributed by atoms with van der Waals surface area (Å²) in [5.41, 5.74) is 2.46. The molecular weight excluding hydrogens is 298 g/mol. The highest BCUT2D eigenvalue weighted by molar-refractivity contribution is 6.30. The van der Waals surface area contributed by atoms with Gasteiger partial charge in [0.2, 0.25) is 0 Å². The summed E-state index contributed by atoms with van der Waals surface area (Å²) in [5.74, 6) is -0.0583. The van der Waals surface area contributed by atoms with Crippen LogP contribution >= 0.6 is 11.6 Å². The summed E-state index contributed by atoms with van der Waals surface area (Å²) in [5, 5.41) is 4.67. The van der Waals surface area contributed by atoms with Crippen molar-refractivity contribution in [1.82, 2.24) is 14.8 Å². The molecule has 1 aromatic heterocycles. The maximum atomic E-state index is 12.0. The van der Waals surface area contributed by atoms with Crippen molar-refractivity contribution >= 4 is 23.5 Å². The normalized spacial score (nSPS) is 11.0. The van der Waals surface area contributed by atoms with Crippen LogP contribution in [-0.2, 0) is 0 Å². The molecular formula is C17H12ClN3O. The number of ketones is 1. The highest BCUT2D eigenvalue weighted by atomic mass is 35.5. The molecule has 0 spiro atoms. The molecule has 0 fully saturated rings. The van der Waals surface area contributed by atoms with Crippen LogP contribution in [0.2, 0.25) is 5.02 Å². The molecule has 108 valence electrons. The first-order valence-corrected chi connectivity index (χ1v) is 7.03. The number of benzene rings is 2. The predicted octanol–water partition coefficient (Wildman–Crippen LogP) is 3.82. The van der Waals surface area contributed by atoms with E-state index in [0.717, 1.165) is 11.3 Å². The molecule has 0 aliphatic heterocycles. The van der Waals surface area contributed by atoms with E-state index in [1.165, 1.54) is 6.33 Å². The molecule has 0 aliphatic carbocycles. The van der Waals surface area contributed by atoms with E-state index in [9.17, 15) is 4.79 Å². The van der Waals surface area contributed by atoms with Crippen LogP contribution in [-0.4, -0.2) is 20.5 Å². The van der Waals surface area contributed by atoms with Gasteiger partial charge in [0, 0.05) is 10.6 Å². The van der Waals surface area contributed by atoms with Crippen LogP contribution in [0, 0.1) is 0 Å². The molecule has 2 aromatic carbocycles. The molecule has 0 atom stereocenters. The molecule has 0 bridgehead atoms. The summed E-state index contributed by atoms with van der Waals surface area (Å²) in [4.78, 5) is 15.9. The van der Waals surface area contributed by atoms with Gasteiger partial charge in [-0.1, -0.05) is 29.8 Å². The topological polar surface area (TPSA) is 47.8 Å². The van der Waals surface area contributed by atoms with Gasteiger partial charge in [0.15, 0.2) is 5.78 Å². The minimum absolute atomic E-state index is 0.0583. The van der Waals surface area contributed by atoms with Gasteiger partial charge in [-0.15, -0.1) is 0 Å². The predicted molar refractivity (Wildman–Crippen MR) is 86.2 cm³/mol. The second kappa shape index (κ2) is 6.37. The first-order chi connectivity index (χ1) is 10.7. The van der Waals surface area contributed by atoms with Gasteiger partial charge in [-0.25, -0.2) is 9.67 Å². The van der Waals surface area contributed by atoms with Gasteiger partial charge in [-0.3, -0.25) is 4.79 Å². The Morgan fingerprint density at radius 2 is 1.77 bits per heavy atom. The summed E-state index contributed by atoms with van der Waals surface area (Å²) >= 11 is 5.81. The summed E-state index contributed by atoms with van der Waals surface area (Å²) in [6.07, 6.45) is 6.45. The molecule has 0 amide bonds. The highest BCUT2D eigenvalue weighted by Gasteiger charge is 2.01. The zero-order valence-electron chi connectivity index (χ0n) is 11.6. The number of aromatic nitrogens is 3. The molecule has 0 radical (unpaired) electrons. The third kappa shape index (κ3) is 3.30. The van der Waals surface area contributed by atoms with E-state index in [4.69, 9.17) is 11.6 Å². The fourth-order valence-electron chi connectivity index (χ4n) is 1.96. The molecule has 5 heteroatoms. The molecule has 0 saturated heterocycles. The van der Waals surface area contributed by atoms with Gasteiger partial charge < -0.3 is 0 Å². The zero-order valence-corrected chi connectivity index (χ0v) is 12.3. The smallest absolute Gasteiger partial charge is 0.185 e. The van der Waals surface area contributed by atoms with Crippen molar-refractivity contribution in [1.29, 1.82) is 0 Å². The SMILES string of the molecule is O=C(/C=C/c1ccc(-n2cncn2)cc1)c1ccc(Cl)cc1. The molecule has 1 heterocycles. The van der Waals surface area contributed by atoms with E-state index >= 15 is 0 Å².